The number of allylic oxidation sites excluding steroid dienone is 1. The van der Waals surface area contributed by atoms with Crippen LogP contribution in [-0.4, -0.2) is 5.91 Å². The summed E-state index contributed by atoms with van der Waals surface area (Å²) in [6.45, 7) is 6.35. The summed E-state index contributed by atoms with van der Waals surface area (Å²) >= 11 is 0. The molecule has 2 heteroatoms. The molecule has 0 aromatic heterocycles. The number of carbonyl (C=O) groups is 1. The Morgan fingerprint density at radius 3 is 1.64 bits per heavy atom. The lowest BCUT2D eigenvalue weighted by Gasteiger charge is -2.26. The highest BCUT2D eigenvalue weighted by Crippen LogP contribution is 2.41. The summed E-state index contributed by atoms with van der Waals surface area (Å²) in [5, 5.41) is 3.10. The minimum atomic E-state index is -0.745. The van der Waals surface area contributed by atoms with Gasteiger partial charge in [0.05, 0.1) is 0 Å². The van der Waals surface area contributed by atoms with Gasteiger partial charge in [-0.05, 0) is 17.2 Å². The standard InChI is InChI=1S/C20H21NO/c1-19(2,3)17-14-20(18(22)21-17,15-10-6-4-7-11-15)16-12-8-5-9-13-16/h4-14H,1-3H3,(H,21,22). The van der Waals surface area contributed by atoms with Crippen LogP contribution in [0, 0.1) is 5.41 Å². The molecule has 1 heterocycles. The van der Waals surface area contributed by atoms with E-state index in [9.17, 15) is 4.79 Å². The predicted molar refractivity (Wildman–Crippen MR) is 89.3 cm³/mol. The van der Waals surface area contributed by atoms with Crippen molar-refractivity contribution >= 4 is 5.91 Å². The van der Waals surface area contributed by atoms with Crippen molar-refractivity contribution in [2.75, 3.05) is 0 Å². The number of hydrogen-bond donors (Lipinski definition) is 1. The van der Waals surface area contributed by atoms with E-state index >= 15 is 0 Å². The van der Waals surface area contributed by atoms with Crippen molar-refractivity contribution in [3.8, 4) is 0 Å². The highest BCUT2D eigenvalue weighted by atomic mass is 16.2. The topological polar surface area (TPSA) is 29.1 Å². The number of amides is 1. The van der Waals surface area contributed by atoms with Gasteiger partial charge in [-0.3, -0.25) is 4.79 Å². The molecule has 1 amide bonds. The Morgan fingerprint density at radius 1 is 0.818 bits per heavy atom. The molecule has 1 aliphatic heterocycles. The van der Waals surface area contributed by atoms with E-state index in [1.807, 2.05) is 60.7 Å². The molecule has 2 aromatic carbocycles. The van der Waals surface area contributed by atoms with E-state index < -0.39 is 5.41 Å². The molecule has 0 spiro atoms. The quantitative estimate of drug-likeness (QED) is 0.889. The predicted octanol–water partition coefficient (Wildman–Crippen LogP) is 4.03. The van der Waals surface area contributed by atoms with Gasteiger partial charge >= 0.3 is 0 Å². The molecule has 0 saturated heterocycles. The van der Waals surface area contributed by atoms with Gasteiger partial charge in [-0.15, -0.1) is 0 Å². The van der Waals surface area contributed by atoms with Crippen LogP contribution in [0.15, 0.2) is 72.4 Å². The van der Waals surface area contributed by atoms with E-state index in [1.54, 1.807) is 0 Å². The van der Waals surface area contributed by atoms with Gasteiger partial charge in [-0.1, -0.05) is 81.4 Å². The minimum Gasteiger partial charge on any atom is -0.328 e. The smallest absolute Gasteiger partial charge is 0.243 e. The summed E-state index contributed by atoms with van der Waals surface area (Å²) in [4.78, 5) is 13.0. The van der Waals surface area contributed by atoms with Gasteiger partial charge in [-0.2, -0.15) is 0 Å². The summed E-state index contributed by atoms with van der Waals surface area (Å²) in [5.74, 6) is 0.0230. The van der Waals surface area contributed by atoms with E-state index in [4.69, 9.17) is 0 Å². The highest BCUT2D eigenvalue weighted by molar-refractivity contribution is 5.98. The molecule has 2 nitrogen and oxygen atoms in total. The van der Waals surface area contributed by atoms with Gasteiger partial charge in [-0.25, -0.2) is 0 Å². The lowest BCUT2D eigenvalue weighted by molar-refractivity contribution is -0.122. The molecule has 0 bridgehead atoms. The monoisotopic (exact) mass is 291 g/mol. The largest absolute Gasteiger partial charge is 0.328 e. The Labute approximate surface area is 131 Å². The van der Waals surface area contributed by atoms with Gasteiger partial charge in [0.25, 0.3) is 0 Å². The normalized spacial score (nSPS) is 17.0. The van der Waals surface area contributed by atoms with Crippen molar-refractivity contribution in [1.82, 2.24) is 5.32 Å². The van der Waals surface area contributed by atoms with Gasteiger partial charge in [0.1, 0.15) is 5.41 Å². The summed E-state index contributed by atoms with van der Waals surface area (Å²) in [6, 6.07) is 20.0. The fourth-order valence-electron chi connectivity index (χ4n) is 2.94. The summed E-state index contributed by atoms with van der Waals surface area (Å²) in [7, 11) is 0. The number of hydrogen-bond acceptors (Lipinski definition) is 1. The van der Waals surface area contributed by atoms with Crippen LogP contribution in [-0.2, 0) is 10.2 Å². The second-order valence-corrected chi connectivity index (χ2v) is 6.80. The molecule has 0 radical (unpaired) electrons. The second kappa shape index (κ2) is 5.13. The summed E-state index contributed by atoms with van der Waals surface area (Å²) in [6.07, 6.45) is 2.10. The molecule has 0 unspecified atom stereocenters. The average Bonchev–Trinajstić information content (AvgIpc) is 2.88. The lowest BCUT2D eigenvalue weighted by atomic mass is 9.74. The Bertz CT molecular complexity index is 669. The molecule has 0 saturated carbocycles. The maximum atomic E-state index is 13.0. The molecular weight excluding hydrogens is 270 g/mol. The molecule has 1 aliphatic rings. The van der Waals surface area contributed by atoms with Crippen molar-refractivity contribution in [2.24, 2.45) is 5.41 Å². The van der Waals surface area contributed by atoms with E-state index in [0.717, 1.165) is 16.8 Å². The molecule has 0 atom stereocenters. The first-order valence-corrected chi connectivity index (χ1v) is 7.60. The average molecular weight is 291 g/mol. The Balaban J connectivity index is 2.26. The van der Waals surface area contributed by atoms with E-state index in [1.165, 1.54) is 0 Å². The van der Waals surface area contributed by atoms with E-state index in [2.05, 4.69) is 32.2 Å². The maximum Gasteiger partial charge on any atom is 0.243 e. The molecular formula is C20H21NO. The zero-order valence-electron chi connectivity index (χ0n) is 13.3. The highest BCUT2D eigenvalue weighted by Gasteiger charge is 2.46. The number of rotatable bonds is 2. The molecule has 0 fully saturated rings. The van der Waals surface area contributed by atoms with Crippen LogP contribution in [0.25, 0.3) is 0 Å². The van der Waals surface area contributed by atoms with Crippen molar-refractivity contribution in [1.29, 1.82) is 0 Å². The third-order valence-electron chi connectivity index (χ3n) is 4.23. The van der Waals surface area contributed by atoms with E-state index in [-0.39, 0.29) is 11.3 Å². The number of benzene rings is 2. The summed E-state index contributed by atoms with van der Waals surface area (Å²) in [5.41, 5.74) is 2.13. The van der Waals surface area contributed by atoms with Crippen LogP contribution in [0.3, 0.4) is 0 Å². The molecule has 0 aliphatic carbocycles. The first kappa shape index (κ1) is 14.6. The summed E-state index contributed by atoms with van der Waals surface area (Å²) < 4.78 is 0. The zero-order chi connectivity index (χ0) is 15.8. The van der Waals surface area contributed by atoms with Crippen LogP contribution in [0.5, 0.6) is 0 Å². The fraction of sp³-hybridized carbons (Fsp3) is 0.250. The van der Waals surface area contributed by atoms with Gasteiger partial charge in [0, 0.05) is 11.1 Å². The van der Waals surface area contributed by atoms with Crippen molar-refractivity contribution in [3.63, 3.8) is 0 Å². The van der Waals surface area contributed by atoms with Crippen LogP contribution in [0.1, 0.15) is 31.9 Å². The molecule has 1 N–H and O–H groups in total. The van der Waals surface area contributed by atoms with Crippen molar-refractivity contribution < 1.29 is 4.79 Å². The first-order valence-electron chi connectivity index (χ1n) is 7.60. The van der Waals surface area contributed by atoms with E-state index in [0.29, 0.717) is 0 Å². The molecule has 112 valence electrons. The minimum absolute atomic E-state index is 0.0230. The third kappa shape index (κ3) is 2.25. The van der Waals surface area contributed by atoms with Gasteiger partial charge in [0.2, 0.25) is 5.91 Å². The number of carbonyl (C=O) groups excluding carboxylic acids is 1. The van der Waals surface area contributed by atoms with Crippen LogP contribution < -0.4 is 5.32 Å². The molecule has 2 aromatic rings. The lowest BCUT2D eigenvalue weighted by Crippen LogP contribution is -2.38. The Morgan fingerprint density at radius 2 is 1.27 bits per heavy atom. The van der Waals surface area contributed by atoms with Crippen molar-refractivity contribution in [3.05, 3.63) is 83.6 Å². The molecule has 22 heavy (non-hydrogen) atoms. The Hall–Kier alpha value is -2.35. The Kier molecular flexibility index (Phi) is 3.40. The zero-order valence-corrected chi connectivity index (χ0v) is 13.3. The van der Waals surface area contributed by atoms with Crippen LogP contribution >= 0.6 is 0 Å². The SMILES string of the molecule is CC(C)(C)C1=CC(c2ccccc2)(c2ccccc2)C(=O)N1. The maximum absolute atomic E-state index is 13.0. The van der Waals surface area contributed by atoms with Crippen LogP contribution in [0.4, 0.5) is 0 Å². The third-order valence-corrected chi connectivity index (χ3v) is 4.23. The van der Waals surface area contributed by atoms with Gasteiger partial charge in [0.15, 0.2) is 0 Å². The van der Waals surface area contributed by atoms with Gasteiger partial charge < -0.3 is 5.32 Å². The van der Waals surface area contributed by atoms with Crippen LogP contribution in [0.2, 0.25) is 0 Å². The second-order valence-electron chi connectivity index (χ2n) is 6.80. The molecule has 3 rings (SSSR count). The first-order chi connectivity index (χ1) is 10.4. The number of nitrogens with one attached hydrogen (secondary N) is 1. The van der Waals surface area contributed by atoms with Crippen molar-refractivity contribution in [2.45, 2.75) is 26.2 Å². The fourth-order valence-corrected chi connectivity index (χ4v) is 2.94.